The van der Waals surface area contributed by atoms with Gasteiger partial charge in [0.15, 0.2) is 9.84 Å². The summed E-state index contributed by atoms with van der Waals surface area (Å²) in [6.45, 7) is 4.28. The van der Waals surface area contributed by atoms with Crippen molar-refractivity contribution in [3.63, 3.8) is 0 Å². The highest BCUT2D eigenvalue weighted by molar-refractivity contribution is 7.92. The van der Waals surface area contributed by atoms with Crippen LogP contribution < -0.4 is 5.32 Å². The minimum absolute atomic E-state index is 0.00532. The molecule has 0 atom stereocenters. The van der Waals surface area contributed by atoms with Gasteiger partial charge in [0.05, 0.1) is 21.5 Å². The first-order chi connectivity index (χ1) is 13.2. The van der Waals surface area contributed by atoms with Crippen molar-refractivity contribution >= 4 is 21.6 Å². The van der Waals surface area contributed by atoms with Crippen LogP contribution >= 0.6 is 0 Å². The highest BCUT2D eigenvalue weighted by Gasteiger charge is 2.44. The number of hydrogen-bond acceptors (Lipinski definition) is 4. The first-order valence-electron chi connectivity index (χ1n) is 9.18. The van der Waals surface area contributed by atoms with Crippen LogP contribution in [0.25, 0.3) is 0 Å². The Labute approximate surface area is 164 Å². The van der Waals surface area contributed by atoms with E-state index >= 15 is 0 Å². The number of benzene rings is 1. The summed E-state index contributed by atoms with van der Waals surface area (Å²) in [4.78, 5) is 18.0. The van der Waals surface area contributed by atoms with Crippen molar-refractivity contribution < 1.29 is 17.6 Å². The van der Waals surface area contributed by atoms with E-state index in [0.29, 0.717) is 31.6 Å². The Balaban J connectivity index is 1.67. The van der Waals surface area contributed by atoms with E-state index < -0.39 is 20.4 Å². The normalized spacial score (nSPS) is 16.0. The molecule has 0 unspecified atom stereocenters. The van der Waals surface area contributed by atoms with E-state index in [4.69, 9.17) is 0 Å². The number of urea groups is 1. The lowest BCUT2D eigenvalue weighted by molar-refractivity contribution is 0.171. The molecule has 28 heavy (non-hydrogen) atoms. The molecule has 1 aromatic heterocycles. The number of nitrogens with one attached hydrogen (secondary N) is 1. The fourth-order valence-corrected chi connectivity index (χ4v) is 5.38. The van der Waals surface area contributed by atoms with E-state index in [1.54, 1.807) is 43.3 Å². The molecule has 3 rings (SSSR count). The topological polar surface area (TPSA) is 79.4 Å². The van der Waals surface area contributed by atoms with Gasteiger partial charge in [-0.05, 0) is 62.9 Å². The lowest BCUT2D eigenvalue weighted by atomic mass is 9.86. The number of aromatic nitrogens is 1. The summed E-state index contributed by atoms with van der Waals surface area (Å²) in [5, 5.41) is 2.79. The molecule has 0 aliphatic carbocycles. The van der Waals surface area contributed by atoms with E-state index in [1.165, 1.54) is 18.2 Å². The second-order valence-electron chi connectivity index (χ2n) is 7.50. The number of rotatable bonds is 4. The number of carbonyl (C=O) groups excluding carboxylic acids is 1. The monoisotopic (exact) mass is 405 g/mol. The third-order valence-corrected chi connectivity index (χ3v) is 8.07. The average molecular weight is 405 g/mol. The molecule has 1 saturated heterocycles. The predicted octanol–water partition coefficient (Wildman–Crippen LogP) is 3.72. The minimum atomic E-state index is -3.71. The molecule has 0 radical (unpaired) electrons. The van der Waals surface area contributed by atoms with Crippen molar-refractivity contribution in [2.24, 2.45) is 5.92 Å². The second-order valence-corrected chi connectivity index (χ2v) is 10.0. The maximum atomic E-state index is 13.5. The maximum Gasteiger partial charge on any atom is 0.321 e. The molecule has 2 heterocycles. The quantitative estimate of drug-likeness (QED) is 0.841. The largest absolute Gasteiger partial charge is 0.325 e. The van der Waals surface area contributed by atoms with Crippen LogP contribution in [0.1, 0.15) is 26.7 Å². The summed E-state index contributed by atoms with van der Waals surface area (Å²) < 4.78 is 38.7. The van der Waals surface area contributed by atoms with E-state index in [-0.39, 0.29) is 16.8 Å². The Morgan fingerprint density at radius 2 is 1.93 bits per heavy atom. The summed E-state index contributed by atoms with van der Waals surface area (Å²) >= 11 is 0. The van der Waals surface area contributed by atoms with Gasteiger partial charge in [-0.25, -0.2) is 17.6 Å². The van der Waals surface area contributed by atoms with Gasteiger partial charge >= 0.3 is 6.03 Å². The van der Waals surface area contributed by atoms with E-state index in [1.807, 2.05) is 0 Å². The van der Waals surface area contributed by atoms with E-state index in [9.17, 15) is 17.6 Å². The number of pyridine rings is 1. The van der Waals surface area contributed by atoms with E-state index in [2.05, 4.69) is 10.3 Å². The first-order valence-corrected chi connectivity index (χ1v) is 10.7. The molecule has 1 fully saturated rings. The molecular formula is C20H24FN3O3S. The number of nitrogens with zero attached hydrogens (tertiary/aromatic N) is 2. The number of sulfone groups is 1. The molecule has 0 bridgehead atoms. The molecule has 1 aromatic carbocycles. The molecule has 0 spiro atoms. The van der Waals surface area contributed by atoms with Gasteiger partial charge < -0.3 is 10.2 Å². The molecule has 1 aliphatic heterocycles. The standard InChI is InChI=1S/C20H24FN3O3S/c1-20(2,28(26,27)18-7-3-5-16(21)13-18)15-8-11-24(12-9-15)19(25)23-17-6-4-10-22-14-17/h3-7,10,13-15H,8-9,11-12H2,1-2H3,(H,23,25). The molecular weight excluding hydrogens is 381 g/mol. The van der Waals surface area contributed by atoms with Crippen LogP contribution in [0.5, 0.6) is 0 Å². The molecule has 1 aliphatic rings. The third-order valence-electron chi connectivity index (χ3n) is 5.48. The Kier molecular flexibility index (Phi) is 5.69. The molecule has 0 saturated carbocycles. The Morgan fingerprint density at radius 3 is 2.54 bits per heavy atom. The van der Waals surface area contributed by atoms with Crippen LogP contribution in [0.15, 0.2) is 53.7 Å². The van der Waals surface area contributed by atoms with Gasteiger partial charge in [0.2, 0.25) is 0 Å². The van der Waals surface area contributed by atoms with Crippen LogP contribution in [0.2, 0.25) is 0 Å². The Bertz CT molecular complexity index is 940. The molecule has 150 valence electrons. The zero-order chi connectivity index (χ0) is 20.4. The van der Waals surface area contributed by atoms with Crippen molar-refractivity contribution in [2.45, 2.75) is 36.3 Å². The smallest absolute Gasteiger partial charge is 0.321 e. The van der Waals surface area contributed by atoms with Gasteiger partial charge in [0.25, 0.3) is 0 Å². The number of anilines is 1. The van der Waals surface area contributed by atoms with Crippen LogP contribution in [0.4, 0.5) is 14.9 Å². The number of amides is 2. The summed E-state index contributed by atoms with van der Waals surface area (Å²) in [6.07, 6.45) is 4.31. The lowest BCUT2D eigenvalue weighted by Gasteiger charge is -2.40. The number of hydrogen-bond donors (Lipinski definition) is 1. The molecule has 2 aromatic rings. The van der Waals surface area contributed by atoms with Crippen LogP contribution in [0.3, 0.4) is 0 Å². The average Bonchev–Trinajstić information content (AvgIpc) is 2.68. The molecule has 6 nitrogen and oxygen atoms in total. The molecule has 2 amide bonds. The van der Waals surface area contributed by atoms with Gasteiger partial charge in [-0.15, -0.1) is 0 Å². The minimum Gasteiger partial charge on any atom is -0.325 e. The van der Waals surface area contributed by atoms with Crippen molar-refractivity contribution in [3.05, 3.63) is 54.6 Å². The van der Waals surface area contributed by atoms with Gasteiger partial charge in [0, 0.05) is 19.3 Å². The molecule has 8 heteroatoms. The number of carbonyl (C=O) groups is 1. The number of likely N-dealkylation sites (tertiary alicyclic amines) is 1. The van der Waals surface area contributed by atoms with Crippen LogP contribution in [-0.2, 0) is 9.84 Å². The Hall–Kier alpha value is -2.48. The van der Waals surface area contributed by atoms with Crippen molar-refractivity contribution in [1.29, 1.82) is 0 Å². The van der Waals surface area contributed by atoms with Crippen molar-refractivity contribution in [3.8, 4) is 0 Å². The van der Waals surface area contributed by atoms with Crippen LogP contribution in [-0.4, -0.2) is 42.2 Å². The fourth-order valence-electron chi connectivity index (χ4n) is 3.57. The SMILES string of the molecule is CC(C)(C1CCN(C(=O)Nc2cccnc2)CC1)S(=O)(=O)c1cccc(F)c1. The lowest BCUT2D eigenvalue weighted by Crippen LogP contribution is -2.48. The fraction of sp³-hybridized carbons (Fsp3) is 0.400. The number of halogens is 1. The summed E-state index contributed by atoms with van der Waals surface area (Å²) in [6, 6.07) is 8.39. The zero-order valence-corrected chi connectivity index (χ0v) is 16.7. The second kappa shape index (κ2) is 7.87. The summed E-state index contributed by atoms with van der Waals surface area (Å²) in [7, 11) is -3.71. The number of piperidine rings is 1. The van der Waals surface area contributed by atoms with Crippen LogP contribution in [0, 0.1) is 11.7 Å². The van der Waals surface area contributed by atoms with Gasteiger partial charge in [-0.3, -0.25) is 4.98 Å². The van der Waals surface area contributed by atoms with Gasteiger partial charge in [0.1, 0.15) is 5.82 Å². The van der Waals surface area contributed by atoms with Gasteiger partial charge in [-0.2, -0.15) is 0 Å². The maximum absolute atomic E-state index is 13.5. The predicted molar refractivity (Wildman–Crippen MR) is 105 cm³/mol. The zero-order valence-electron chi connectivity index (χ0n) is 15.9. The van der Waals surface area contributed by atoms with Gasteiger partial charge in [-0.1, -0.05) is 6.07 Å². The first kappa shape index (κ1) is 20.3. The molecule has 1 N–H and O–H groups in total. The summed E-state index contributed by atoms with van der Waals surface area (Å²) in [5.74, 6) is -0.707. The summed E-state index contributed by atoms with van der Waals surface area (Å²) in [5.41, 5.74) is 0.614. The van der Waals surface area contributed by atoms with Crippen molar-refractivity contribution in [2.75, 3.05) is 18.4 Å². The van der Waals surface area contributed by atoms with Crippen molar-refractivity contribution in [1.82, 2.24) is 9.88 Å². The van der Waals surface area contributed by atoms with E-state index in [0.717, 1.165) is 6.07 Å². The highest BCUT2D eigenvalue weighted by atomic mass is 32.2. The Morgan fingerprint density at radius 1 is 1.21 bits per heavy atom. The highest BCUT2D eigenvalue weighted by Crippen LogP contribution is 2.38. The third kappa shape index (κ3) is 4.01.